The van der Waals surface area contributed by atoms with Crippen molar-refractivity contribution in [1.82, 2.24) is 4.90 Å². The van der Waals surface area contributed by atoms with E-state index in [9.17, 15) is 0 Å². The van der Waals surface area contributed by atoms with Gasteiger partial charge in [0.25, 0.3) is 0 Å². The minimum atomic E-state index is 0.153. The lowest BCUT2D eigenvalue weighted by Gasteiger charge is -2.49. The highest BCUT2D eigenvalue weighted by atomic mass is 15.2. The van der Waals surface area contributed by atoms with Crippen molar-refractivity contribution in [2.45, 2.75) is 73.3 Å². The third-order valence-electron chi connectivity index (χ3n) is 4.75. The van der Waals surface area contributed by atoms with E-state index in [4.69, 9.17) is 0 Å². The first-order chi connectivity index (χ1) is 9.29. The van der Waals surface area contributed by atoms with Crippen LogP contribution in [0.25, 0.3) is 0 Å². The van der Waals surface area contributed by atoms with Gasteiger partial charge in [-0.25, -0.2) is 0 Å². The van der Waals surface area contributed by atoms with Crippen molar-refractivity contribution in [3.05, 3.63) is 34.1 Å². The van der Waals surface area contributed by atoms with Crippen molar-refractivity contribution in [1.29, 1.82) is 0 Å². The summed E-state index contributed by atoms with van der Waals surface area (Å²) in [5.41, 5.74) is 7.98. The second-order valence-electron chi connectivity index (χ2n) is 7.33. The second-order valence-corrected chi connectivity index (χ2v) is 7.33. The SMILES string of the molecule is CCC1=CC(C)(C)N2CCCC(=C(C)C)C2=C1C(C)C. The predicted octanol–water partition coefficient (Wildman–Crippen LogP) is 5.46. The number of hydrogen-bond acceptors (Lipinski definition) is 1. The highest BCUT2D eigenvalue weighted by Crippen LogP contribution is 2.44. The zero-order valence-electron chi connectivity index (χ0n) is 14.4. The maximum atomic E-state index is 2.66. The minimum Gasteiger partial charge on any atom is -0.362 e. The topological polar surface area (TPSA) is 3.24 Å². The predicted molar refractivity (Wildman–Crippen MR) is 88.6 cm³/mol. The molecule has 0 aliphatic carbocycles. The van der Waals surface area contributed by atoms with Gasteiger partial charge in [-0.3, -0.25) is 0 Å². The lowest BCUT2D eigenvalue weighted by molar-refractivity contribution is 0.190. The number of nitrogens with zero attached hydrogens (tertiary/aromatic N) is 1. The molecule has 0 aromatic carbocycles. The van der Waals surface area contributed by atoms with Crippen molar-refractivity contribution in [3.63, 3.8) is 0 Å². The molecule has 2 heterocycles. The van der Waals surface area contributed by atoms with Crippen LogP contribution in [0.3, 0.4) is 0 Å². The molecule has 2 aliphatic heterocycles. The van der Waals surface area contributed by atoms with Gasteiger partial charge in [0.05, 0.1) is 5.54 Å². The highest BCUT2D eigenvalue weighted by Gasteiger charge is 2.37. The fourth-order valence-corrected chi connectivity index (χ4v) is 3.85. The zero-order chi connectivity index (χ0) is 15.1. The third-order valence-corrected chi connectivity index (χ3v) is 4.75. The van der Waals surface area contributed by atoms with Gasteiger partial charge >= 0.3 is 0 Å². The first-order valence-corrected chi connectivity index (χ1v) is 8.20. The summed E-state index contributed by atoms with van der Waals surface area (Å²) < 4.78 is 0. The molecule has 1 nitrogen and oxygen atoms in total. The summed E-state index contributed by atoms with van der Waals surface area (Å²) in [4.78, 5) is 2.66. The molecule has 0 unspecified atom stereocenters. The van der Waals surface area contributed by atoms with E-state index in [1.807, 2.05) is 0 Å². The first-order valence-electron chi connectivity index (χ1n) is 8.20. The molecule has 0 saturated carbocycles. The van der Waals surface area contributed by atoms with Gasteiger partial charge in [-0.1, -0.05) is 32.4 Å². The quantitative estimate of drug-likeness (QED) is 0.646. The summed E-state index contributed by atoms with van der Waals surface area (Å²) in [5.74, 6) is 0.599. The fourth-order valence-electron chi connectivity index (χ4n) is 3.85. The van der Waals surface area contributed by atoms with E-state index in [-0.39, 0.29) is 5.54 Å². The van der Waals surface area contributed by atoms with Crippen LogP contribution >= 0.6 is 0 Å². The van der Waals surface area contributed by atoms with Crippen molar-refractivity contribution < 1.29 is 0 Å². The summed E-state index contributed by atoms with van der Waals surface area (Å²) in [6.07, 6.45) is 6.19. The summed E-state index contributed by atoms with van der Waals surface area (Å²) in [6, 6.07) is 0. The summed E-state index contributed by atoms with van der Waals surface area (Å²) in [5, 5.41) is 0. The standard InChI is InChI=1S/C19H31N/c1-8-15-12-19(6,7)20-11-9-10-16(13(2)3)18(20)17(15)14(4)5/h12,14H,8-11H2,1-7H3. The Labute approximate surface area is 125 Å². The Hall–Kier alpha value is -0.980. The molecule has 0 N–H and O–H groups in total. The normalized spacial score (nSPS) is 22.1. The maximum absolute atomic E-state index is 2.66. The van der Waals surface area contributed by atoms with E-state index >= 15 is 0 Å². The van der Waals surface area contributed by atoms with E-state index in [0.29, 0.717) is 5.92 Å². The van der Waals surface area contributed by atoms with Crippen LogP contribution in [0.1, 0.15) is 67.7 Å². The summed E-state index contributed by atoms with van der Waals surface area (Å²) in [6.45, 7) is 17.5. The van der Waals surface area contributed by atoms with Gasteiger partial charge in [-0.05, 0) is 69.6 Å². The zero-order valence-corrected chi connectivity index (χ0v) is 14.4. The van der Waals surface area contributed by atoms with Gasteiger partial charge in [0.2, 0.25) is 0 Å². The number of rotatable bonds is 2. The van der Waals surface area contributed by atoms with E-state index in [1.54, 1.807) is 22.4 Å². The molecule has 2 rings (SSSR count). The van der Waals surface area contributed by atoms with Crippen LogP contribution in [0.5, 0.6) is 0 Å². The minimum absolute atomic E-state index is 0.153. The Morgan fingerprint density at radius 1 is 1.30 bits per heavy atom. The van der Waals surface area contributed by atoms with Crippen molar-refractivity contribution in [2.24, 2.45) is 5.92 Å². The molecule has 1 heteroatoms. The lowest BCUT2D eigenvalue weighted by atomic mass is 9.77. The summed E-state index contributed by atoms with van der Waals surface area (Å²) in [7, 11) is 0. The highest BCUT2D eigenvalue weighted by molar-refractivity contribution is 5.52. The molecule has 20 heavy (non-hydrogen) atoms. The van der Waals surface area contributed by atoms with E-state index in [2.05, 4.69) is 59.4 Å². The second kappa shape index (κ2) is 5.42. The van der Waals surface area contributed by atoms with Gasteiger partial charge < -0.3 is 4.90 Å². The van der Waals surface area contributed by atoms with E-state index < -0.39 is 0 Å². The molecule has 1 fully saturated rings. The fraction of sp³-hybridized carbons (Fsp3) is 0.684. The third kappa shape index (κ3) is 2.47. The van der Waals surface area contributed by atoms with Gasteiger partial charge in [0.15, 0.2) is 0 Å². The Morgan fingerprint density at radius 3 is 2.45 bits per heavy atom. The number of hydrogen-bond donors (Lipinski definition) is 0. The van der Waals surface area contributed by atoms with Crippen molar-refractivity contribution in [2.75, 3.05) is 6.54 Å². The molecule has 2 aliphatic rings. The Kier molecular flexibility index (Phi) is 4.18. The number of fused-ring (bicyclic) bond motifs is 1. The van der Waals surface area contributed by atoms with E-state index in [1.165, 1.54) is 25.0 Å². The molecule has 0 atom stereocenters. The van der Waals surface area contributed by atoms with Crippen LogP contribution in [-0.4, -0.2) is 17.0 Å². The Balaban J connectivity index is 2.71. The summed E-state index contributed by atoms with van der Waals surface area (Å²) >= 11 is 0. The van der Waals surface area contributed by atoms with Crippen LogP contribution < -0.4 is 0 Å². The van der Waals surface area contributed by atoms with Crippen molar-refractivity contribution >= 4 is 0 Å². The maximum Gasteiger partial charge on any atom is 0.0534 e. The molecule has 1 saturated heterocycles. The average molecular weight is 273 g/mol. The van der Waals surface area contributed by atoms with Crippen LogP contribution in [0, 0.1) is 5.92 Å². The van der Waals surface area contributed by atoms with Crippen molar-refractivity contribution in [3.8, 4) is 0 Å². The monoisotopic (exact) mass is 273 g/mol. The molecular weight excluding hydrogens is 242 g/mol. The van der Waals surface area contributed by atoms with Crippen LogP contribution in [0.2, 0.25) is 0 Å². The molecule has 0 aromatic heterocycles. The van der Waals surface area contributed by atoms with Gasteiger partial charge in [0.1, 0.15) is 0 Å². The number of allylic oxidation sites excluding steroid dienone is 4. The van der Waals surface area contributed by atoms with Crippen LogP contribution in [-0.2, 0) is 0 Å². The Morgan fingerprint density at radius 2 is 1.95 bits per heavy atom. The molecule has 0 spiro atoms. The Bertz CT molecular complexity index is 482. The molecule has 0 bridgehead atoms. The first kappa shape index (κ1) is 15.4. The number of piperidine rings is 1. The van der Waals surface area contributed by atoms with Gasteiger partial charge in [0, 0.05) is 12.2 Å². The molecule has 0 aromatic rings. The molecule has 0 amide bonds. The van der Waals surface area contributed by atoms with Crippen LogP contribution in [0.4, 0.5) is 0 Å². The average Bonchev–Trinajstić information content (AvgIpc) is 2.36. The van der Waals surface area contributed by atoms with Gasteiger partial charge in [-0.15, -0.1) is 0 Å². The van der Waals surface area contributed by atoms with Gasteiger partial charge in [-0.2, -0.15) is 0 Å². The smallest absolute Gasteiger partial charge is 0.0534 e. The van der Waals surface area contributed by atoms with E-state index in [0.717, 1.165) is 6.42 Å². The largest absolute Gasteiger partial charge is 0.362 e. The lowest BCUT2D eigenvalue weighted by Crippen LogP contribution is -2.48. The van der Waals surface area contributed by atoms with Crippen LogP contribution in [0.15, 0.2) is 34.1 Å². The molecule has 0 radical (unpaired) electrons. The molecule has 112 valence electrons. The molecular formula is C19H31N.